The summed E-state index contributed by atoms with van der Waals surface area (Å²) in [6.07, 6.45) is 3.44. The maximum Gasteiger partial charge on any atom is 0.263 e. The third-order valence-corrected chi connectivity index (χ3v) is 6.77. The fourth-order valence-electron chi connectivity index (χ4n) is 4.55. The number of piperazine rings is 1. The van der Waals surface area contributed by atoms with Crippen LogP contribution in [-0.2, 0) is 4.79 Å². The molecule has 2 fully saturated rings. The van der Waals surface area contributed by atoms with Crippen molar-refractivity contribution in [1.82, 2.24) is 14.8 Å². The van der Waals surface area contributed by atoms with E-state index in [0.29, 0.717) is 21.7 Å². The molecule has 6 nitrogen and oxygen atoms in total. The second kappa shape index (κ2) is 10.7. The molecule has 172 valence electrons. The highest BCUT2D eigenvalue weighted by atomic mass is 35.5. The number of anilines is 1. The maximum absolute atomic E-state index is 13.0. The smallest absolute Gasteiger partial charge is 0.263 e. The van der Waals surface area contributed by atoms with Gasteiger partial charge in [0.25, 0.3) is 5.91 Å². The third kappa shape index (κ3) is 5.85. The van der Waals surface area contributed by atoms with Crippen LogP contribution in [0.3, 0.4) is 0 Å². The molecule has 8 heteroatoms. The lowest BCUT2D eigenvalue weighted by Gasteiger charge is -2.40. The molecule has 0 aliphatic carbocycles. The van der Waals surface area contributed by atoms with Crippen LogP contribution in [0.15, 0.2) is 42.6 Å². The van der Waals surface area contributed by atoms with Gasteiger partial charge >= 0.3 is 0 Å². The molecular weight excluding hydrogens is 447 g/mol. The van der Waals surface area contributed by atoms with Gasteiger partial charge in [0.1, 0.15) is 11.6 Å². The fourth-order valence-corrected chi connectivity index (χ4v) is 5.00. The number of amides is 1. The Morgan fingerprint density at radius 2 is 1.97 bits per heavy atom. The molecule has 0 saturated carbocycles. The second-order valence-electron chi connectivity index (χ2n) is 8.60. The van der Waals surface area contributed by atoms with Crippen LogP contribution in [0.5, 0.6) is 5.75 Å². The van der Waals surface area contributed by atoms with Gasteiger partial charge in [-0.1, -0.05) is 29.3 Å². The molecule has 1 aromatic carbocycles. The molecule has 2 aromatic rings. The van der Waals surface area contributed by atoms with Crippen LogP contribution in [0.25, 0.3) is 0 Å². The van der Waals surface area contributed by atoms with Crippen molar-refractivity contribution in [3.8, 4) is 5.75 Å². The van der Waals surface area contributed by atoms with Crippen LogP contribution in [-0.4, -0.2) is 72.6 Å². The summed E-state index contributed by atoms with van der Waals surface area (Å²) in [7, 11) is 0. The van der Waals surface area contributed by atoms with Crippen LogP contribution in [0, 0.1) is 5.92 Å². The predicted molar refractivity (Wildman–Crippen MR) is 129 cm³/mol. The number of carbonyl (C=O) groups excluding carboxylic acids is 1. The number of piperidine rings is 1. The van der Waals surface area contributed by atoms with E-state index in [4.69, 9.17) is 27.9 Å². The lowest BCUT2D eigenvalue weighted by Crippen LogP contribution is -2.51. The van der Waals surface area contributed by atoms with Gasteiger partial charge in [-0.3, -0.25) is 9.69 Å². The molecule has 32 heavy (non-hydrogen) atoms. The van der Waals surface area contributed by atoms with Gasteiger partial charge in [-0.15, -0.1) is 0 Å². The number of nitrogens with zero attached hydrogens (tertiary/aromatic N) is 4. The van der Waals surface area contributed by atoms with Crippen LogP contribution in [0.1, 0.15) is 19.8 Å². The van der Waals surface area contributed by atoms with E-state index >= 15 is 0 Å². The number of pyridine rings is 1. The Morgan fingerprint density at radius 1 is 1.16 bits per heavy atom. The summed E-state index contributed by atoms with van der Waals surface area (Å²) in [6.45, 7) is 8.39. The summed E-state index contributed by atoms with van der Waals surface area (Å²) >= 11 is 12.1. The number of benzene rings is 1. The summed E-state index contributed by atoms with van der Waals surface area (Å²) in [6, 6.07) is 11.1. The van der Waals surface area contributed by atoms with Gasteiger partial charge in [-0.05, 0) is 56.0 Å². The van der Waals surface area contributed by atoms with E-state index in [9.17, 15) is 4.79 Å². The molecule has 2 atom stereocenters. The average Bonchev–Trinajstić information content (AvgIpc) is 2.81. The standard InChI is InChI=1S/C24H30Cl2N4O2/c1-18(32-22-8-7-20(25)15-21(22)26)24(31)30-10-4-5-19(17-30)16-28-11-13-29(14-12-28)23-6-2-3-9-27-23/h2-3,6-9,15,18-19H,4-5,10-14,16-17H2,1H3. The number of aromatic nitrogens is 1. The molecule has 0 bridgehead atoms. The first kappa shape index (κ1) is 23.1. The van der Waals surface area contributed by atoms with Crippen molar-refractivity contribution in [3.05, 3.63) is 52.6 Å². The van der Waals surface area contributed by atoms with Crippen molar-refractivity contribution in [2.75, 3.05) is 50.7 Å². The second-order valence-corrected chi connectivity index (χ2v) is 9.45. The number of halogens is 2. The van der Waals surface area contributed by atoms with E-state index in [-0.39, 0.29) is 5.91 Å². The van der Waals surface area contributed by atoms with Gasteiger partial charge in [0.05, 0.1) is 5.02 Å². The quantitative estimate of drug-likeness (QED) is 0.624. The van der Waals surface area contributed by atoms with Gasteiger partial charge in [0.2, 0.25) is 0 Å². The Hall–Kier alpha value is -2.02. The molecule has 0 radical (unpaired) electrons. The van der Waals surface area contributed by atoms with E-state index in [2.05, 4.69) is 20.9 Å². The van der Waals surface area contributed by atoms with E-state index < -0.39 is 6.10 Å². The van der Waals surface area contributed by atoms with E-state index in [0.717, 1.165) is 64.5 Å². The zero-order chi connectivity index (χ0) is 22.5. The van der Waals surface area contributed by atoms with Gasteiger partial charge in [0, 0.05) is 57.0 Å². The van der Waals surface area contributed by atoms with Crippen molar-refractivity contribution < 1.29 is 9.53 Å². The summed E-state index contributed by atoms with van der Waals surface area (Å²) in [5.41, 5.74) is 0. The highest BCUT2D eigenvalue weighted by Crippen LogP contribution is 2.29. The van der Waals surface area contributed by atoms with Gasteiger partial charge in [0.15, 0.2) is 6.10 Å². The predicted octanol–water partition coefficient (Wildman–Crippen LogP) is 4.22. The Bertz CT molecular complexity index is 906. The molecular formula is C24H30Cl2N4O2. The number of ether oxygens (including phenoxy) is 1. The Kier molecular flexibility index (Phi) is 7.76. The summed E-state index contributed by atoms with van der Waals surface area (Å²) < 4.78 is 5.85. The number of likely N-dealkylation sites (tertiary alicyclic amines) is 1. The van der Waals surface area contributed by atoms with Crippen molar-refractivity contribution in [2.24, 2.45) is 5.92 Å². The lowest BCUT2D eigenvalue weighted by atomic mass is 9.96. The number of hydrogen-bond donors (Lipinski definition) is 0. The molecule has 3 heterocycles. The van der Waals surface area contributed by atoms with Gasteiger partial charge < -0.3 is 14.5 Å². The summed E-state index contributed by atoms with van der Waals surface area (Å²) in [5.74, 6) is 2.04. The van der Waals surface area contributed by atoms with Crippen molar-refractivity contribution in [2.45, 2.75) is 25.9 Å². The molecule has 2 aliphatic heterocycles. The highest BCUT2D eigenvalue weighted by Gasteiger charge is 2.30. The summed E-state index contributed by atoms with van der Waals surface area (Å²) in [4.78, 5) is 24.3. The number of carbonyl (C=O) groups is 1. The normalized spacial score (nSPS) is 20.8. The minimum Gasteiger partial charge on any atom is -0.479 e. The minimum atomic E-state index is -0.589. The SMILES string of the molecule is CC(Oc1ccc(Cl)cc1Cl)C(=O)N1CCCC(CN2CCN(c3ccccn3)CC2)C1. The first-order valence-corrected chi connectivity index (χ1v) is 12.0. The number of hydrogen-bond acceptors (Lipinski definition) is 5. The Morgan fingerprint density at radius 3 is 2.69 bits per heavy atom. The van der Waals surface area contributed by atoms with E-state index in [1.807, 2.05) is 23.2 Å². The lowest BCUT2D eigenvalue weighted by molar-refractivity contribution is -0.140. The molecule has 1 amide bonds. The van der Waals surface area contributed by atoms with Gasteiger partial charge in [-0.25, -0.2) is 4.98 Å². The zero-order valence-corrected chi connectivity index (χ0v) is 19.9. The van der Waals surface area contributed by atoms with Crippen LogP contribution in [0.4, 0.5) is 5.82 Å². The van der Waals surface area contributed by atoms with Crippen molar-refractivity contribution >= 4 is 34.9 Å². The molecule has 2 aliphatic rings. The Labute approximate surface area is 200 Å². The first-order chi connectivity index (χ1) is 15.5. The molecule has 1 aromatic heterocycles. The molecule has 2 saturated heterocycles. The molecule has 2 unspecified atom stereocenters. The molecule has 0 spiro atoms. The largest absolute Gasteiger partial charge is 0.479 e. The highest BCUT2D eigenvalue weighted by molar-refractivity contribution is 6.35. The van der Waals surface area contributed by atoms with Crippen molar-refractivity contribution in [1.29, 1.82) is 0 Å². The zero-order valence-electron chi connectivity index (χ0n) is 18.4. The first-order valence-electron chi connectivity index (χ1n) is 11.3. The third-order valence-electron chi connectivity index (χ3n) is 6.24. The topological polar surface area (TPSA) is 48.9 Å². The van der Waals surface area contributed by atoms with Crippen LogP contribution < -0.4 is 9.64 Å². The molecule has 4 rings (SSSR count). The van der Waals surface area contributed by atoms with E-state index in [1.54, 1.807) is 25.1 Å². The monoisotopic (exact) mass is 476 g/mol. The summed E-state index contributed by atoms with van der Waals surface area (Å²) in [5, 5.41) is 0.958. The fraction of sp³-hybridized carbons (Fsp3) is 0.500. The molecule has 0 N–H and O–H groups in total. The van der Waals surface area contributed by atoms with Crippen LogP contribution >= 0.6 is 23.2 Å². The Balaban J connectivity index is 1.26. The van der Waals surface area contributed by atoms with Gasteiger partial charge in [-0.2, -0.15) is 0 Å². The van der Waals surface area contributed by atoms with Crippen LogP contribution in [0.2, 0.25) is 10.0 Å². The minimum absolute atomic E-state index is 0.0145. The van der Waals surface area contributed by atoms with E-state index in [1.165, 1.54) is 0 Å². The number of rotatable bonds is 6. The maximum atomic E-state index is 13.0. The average molecular weight is 477 g/mol. The van der Waals surface area contributed by atoms with Crippen molar-refractivity contribution in [3.63, 3.8) is 0 Å².